The van der Waals surface area contributed by atoms with E-state index in [0.717, 1.165) is 32.4 Å². The summed E-state index contributed by atoms with van der Waals surface area (Å²) in [5, 5.41) is 15.2. The number of carboxylic acid groups (broad SMARTS) is 1. The third-order valence-corrected chi connectivity index (χ3v) is 4.30. The SMILES string of the molecule is CCC1(C(=O)N[C@@H](Cc2cnc[nH]2)C(=O)O)CCNCC1. The van der Waals surface area contributed by atoms with Crippen LogP contribution in [0.2, 0.25) is 0 Å². The molecule has 7 heteroatoms. The minimum atomic E-state index is -1.03. The van der Waals surface area contributed by atoms with E-state index in [9.17, 15) is 14.7 Å². The van der Waals surface area contributed by atoms with Gasteiger partial charge in [0.25, 0.3) is 0 Å². The number of carboxylic acids is 1. The quantitative estimate of drug-likeness (QED) is 0.604. The first-order valence-corrected chi connectivity index (χ1v) is 7.29. The maximum absolute atomic E-state index is 12.6. The number of rotatable bonds is 6. The van der Waals surface area contributed by atoms with Crippen LogP contribution in [0.15, 0.2) is 12.5 Å². The number of carbonyl (C=O) groups is 2. The number of carbonyl (C=O) groups excluding carboxylic acids is 1. The van der Waals surface area contributed by atoms with Crippen molar-refractivity contribution in [3.8, 4) is 0 Å². The average molecular weight is 294 g/mol. The first kappa shape index (κ1) is 15.5. The molecule has 2 rings (SSSR count). The highest BCUT2D eigenvalue weighted by molar-refractivity contribution is 5.87. The molecule has 1 saturated heterocycles. The van der Waals surface area contributed by atoms with Gasteiger partial charge in [-0.25, -0.2) is 9.78 Å². The fourth-order valence-electron chi connectivity index (χ4n) is 2.77. The molecule has 1 fully saturated rings. The fourth-order valence-corrected chi connectivity index (χ4v) is 2.77. The van der Waals surface area contributed by atoms with E-state index in [4.69, 9.17) is 0 Å². The zero-order valence-electron chi connectivity index (χ0n) is 12.2. The van der Waals surface area contributed by atoms with Crippen molar-refractivity contribution >= 4 is 11.9 Å². The number of amides is 1. The van der Waals surface area contributed by atoms with Gasteiger partial charge >= 0.3 is 5.97 Å². The Labute approximate surface area is 123 Å². The molecule has 21 heavy (non-hydrogen) atoms. The number of aliphatic carboxylic acids is 1. The van der Waals surface area contributed by atoms with Gasteiger partial charge in [-0.15, -0.1) is 0 Å². The lowest BCUT2D eigenvalue weighted by Gasteiger charge is -2.36. The van der Waals surface area contributed by atoms with Gasteiger partial charge < -0.3 is 20.7 Å². The molecule has 0 bridgehead atoms. The number of nitrogens with one attached hydrogen (secondary N) is 3. The number of nitrogens with zero attached hydrogens (tertiary/aromatic N) is 1. The first-order valence-electron chi connectivity index (χ1n) is 7.29. The summed E-state index contributed by atoms with van der Waals surface area (Å²) in [5.74, 6) is -1.18. The van der Waals surface area contributed by atoms with Crippen LogP contribution in [-0.4, -0.2) is 46.1 Å². The van der Waals surface area contributed by atoms with Crippen LogP contribution in [-0.2, 0) is 16.0 Å². The van der Waals surface area contributed by atoms with Gasteiger partial charge in [-0.3, -0.25) is 4.79 Å². The Morgan fingerprint density at radius 3 is 2.71 bits per heavy atom. The van der Waals surface area contributed by atoms with Crippen molar-refractivity contribution in [2.45, 2.75) is 38.6 Å². The van der Waals surface area contributed by atoms with Crippen LogP contribution in [0.5, 0.6) is 0 Å². The molecule has 0 saturated carbocycles. The van der Waals surface area contributed by atoms with Gasteiger partial charge in [0.2, 0.25) is 5.91 Å². The molecular formula is C14H22N4O3. The molecule has 4 N–H and O–H groups in total. The van der Waals surface area contributed by atoms with E-state index in [1.54, 1.807) is 6.20 Å². The third-order valence-electron chi connectivity index (χ3n) is 4.30. The van der Waals surface area contributed by atoms with Crippen molar-refractivity contribution in [2.24, 2.45) is 5.41 Å². The maximum Gasteiger partial charge on any atom is 0.326 e. The lowest BCUT2D eigenvalue weighted by atomic mass is 9.75. The standard InChI is InChI=1S/C14H22N4O3/c1-2-14(3-5-15-6-4-14)13(21)18-11(12(19)20)7-10-8-16-9-17-10/h8-9,11,15H,2-7H2,1H3,(H,16,17)(H,18,21)(H,19,20)/t11-/m0/s1. The molecule has 1 atom stereocenters. The van der Waals surface area contributed by atoms with Crippen LogP contribution in [0.4, 0.5) is 0 Å². The van der Waals surface area contributed by atoms with Crippen molar-refractivity contribution in [3.05, 3.63) is 18.2 Å². The highest BCUT2D eigenvalue weighted by Gasteiger charge is 2.39. The van der Waals surface area contributed by atoms with Crippen LogP contribution >= 0.6 is 0 Å². The van der Waals surface area contributed by atoms with Gasteiger partial charge in [-0.1, -0.05) is 6.92 Å². The predicted molar refractivity (Wildman–Crippen MR) is 76.7 cm³/mol. The van der Waals surface area contributed by atoms with Crippen molar-refractivity contribution in [1.82, 2.24) is 20.6 Å². The monoisotopic (exact) mass is 294 g/mol. The van der Waals surface area contributed by atoms with Crippen molar-refractivity contribution in [1.29, 1.82) is 0 Å². The van der Waals surface area contributed by atoms with E-state index >= 15 is 0 Å². The van der Waals surface area contributed by atoms with Crippen LogP contribution < -0.4 is 10.6 Å². The van der Waals surface area contributed by atoms with E-state index in [1.165, 1.54) is 6.33 Å². The normalized spacial score (nSPS) is 18.9. The second kappa shape index (κ2) is 6.71. The molecule has 7 nitrogen and oxygen atoms in total. The van der Waals surface area contributed by atoms with E-state index in [0.29, 0.717) is 5.69 Å². The largest absolute Gasteiger partial charge is 0.480 e. The second-order valence-corrected chi connectivity index (χ2v) is 5.53. The molecule has 1 aliphatic rings. The fraction of sp³-hybridized carbons (Fsp3) is 0.643. The molecule has 116 valence electrons. The summed E-state index contributed by atoms with van der Waals surface area (Å²) >= 11 is 0. The Morgan fingerprint density at radius 1 is 1.48 bits per heavy atom. The topological polar surface area (TPSA) is 107 Å². The smallest absolute Gasteiger partial charge is 0.326 e. The van der Waals surface area contributed by atoms with Crippen molar-refractivity contribution < 1.29 is 14.7 Å². The van der Waals surface area contributed by atoms with Crippen LogP contribution in [0, 0.1) is 5.41 Å². The Hall–Kier alpha value is -1.89. The number of H-pyrrole nitrogens is 1. The minimum Gasteiger partial charge on any atom is -0.480 e. The summed E-state index contributed by atoms with van der Waals surface area (Å²) in [4.78, 5) is 30.7. The lowest BCUT2D eigenvalue weighted by Crippen LogP contribution is -2.52. The summed E-state index contributed by atoms with van der Waals surface area (Å²) in [6.07, 6.45) is 5.48. The first-order chi connectivity index (χ1) is 10.1. The zero-order chi connectivity index (χ0) is 15.3. The molecule has 0 radical (unpaired) electrons. The van der Waals surface area contributed by atoms with Crippen molar-refractivity contribution in [2.75, 3.05) is 13.1 Å². The molecule has 0 spiro atoms. The Bertz CT molecular complexity index is 480. The number of imidazole rings is 1. The molecule has 2 heterocycles. The number of aromatic amines is 1. The van der Waals surface area contributed by atoms with Crippen LogP contribution in [0.3, 0.4) is 0 Å². The lowest BCUT2D eigenvalue weighted by molar-refractivity contribution is -0.144. The maximum atomic E-state index is 12.6. The molecule has 1 aliphatic heterocycles. The Kier molecular flexibility index (Phi) is 4.95. The zero-order valence-corrected chi connectivity index (χ0v) is 12.2. The van der Waals surface area contributed by atoms with Gasteiger partial charge in [-0.05, 0) is 32.4 Å². The highest BCUT2D eigenvalue weighted by atomic mass is 16.4. The molecule has 1 aromatic rings. The summed E-state index contributed by atoms with van der Waals surface area (Å²) in [6.45, 7) is 3.56. The average Bonchev–Trinajstić information content (AvgIpc) is 3.00. The van der Waals surface area contributed by atoms with E-state index in [1.807, 2.05) is 6.92 Å². The molecule has 0 aliphatic carbocycles. The number of hydrogen-bond acceptors (Lipinski definition) is 4. The molecule has 1 amide bonds. The molecule has 0 aromatic carbocycles. The van der Waals surface area contributed by atoms with Crippen LogP contribution in [0.25, 0.3) is 0 Å². The van der Waals surface area contributed by atoms with Gasteiger partial charge in [0.05, 0.1) is 11.7 Å². The van der Waals surface area contributed by atoms with E-state index in [2.05, 4.69) is 20.6 Å². The summed E-state index contributed by atoms with van der Waals surface area (Å²) in [5.41, 5.74) is 0.242. The van der Waals surface area contributed by atoms with Crippen LogP contribution in [0.1, 0.15) is 31.9 Å². The molecular weight excluding hydrogens is 272 g/mol. The third kappa shape index (κ3) is 3.60. The second-order valence-electron chi connectivity index (χ2n) is 5.53. The summed E-state index contributed by atoms with van der Waals surface area (Å²) in [6, 6.07) is -0.934. The van der Waals surface area contributed by atoms with Crippen molar-refractivity contribution in [3.63, 3.8) is 0 Å². The van der Waals surface area contributed by atoms with Gasteiger partial charge in [0.15, 0.2) is 0 Å². The summed E-state index contributed by atoms with van der Waals surface area (Å²) in [7, 11) is 0. The minimum absolute atomic E-state index is 0.154. The van der Waals surface area contributed by atoms with Gasteiger partial charge in [-0.2, -0.15) is 0 Å². The van der Waals surface area contributed by atoms with E-state index < -0.39 is 17.4 Å². The Morgan fingerprint density at radius 2 is 2.19 bits per heavy atom. The summed E-state index contributed by atoms with van der Waals surface area (Å²) < 4.78 is 0. The van der Waals surface area contributed by atoms with Gasteiger partial charge in [0, 0.05) is 18.3 Å². The number of aromatic nitrogens is 2. The predicted octanol–water partition coefficient (Wildman–Crippen LogP) is 0.301. The molecule has 0 unspecified atom stereocenters. The van der Waals surface area contributed by atoms with E-state index in [-0.39, 0.29) is 12.3 Å². The Balaban J connectivity index is 2.05. The molecule has 1 aromatic heterocycles. The number of piperidine rings is 1. The van der Waals surface area contributed by atoms with Gasteiger partial charge in [0.1, 0.15) is 6.04 Å². The number of hydrogen-bond donors (Lipinski definition) is 4. The highest BCUT2D eigenvalue weighted by Crippen LogP contribution is 2.32.